The van der Waals surface area contributed by atoms with E-state index >= 15 is 0 Å². The van der Waals surface area contributed by atoms with Crippen LogP contribution >= 0.6 is 0 Å². The predicted octanol–water partition coefficient (Wildman–Crippen LogP) is 3.73. The first-order valence-electron chi connectivity index (χ1n) is 8.04. The van der Waals surface area contributed by atoms with E-state index in [4.69, 9.17) is 10.00 Å². The summed E-state index contributed by atoms with van der Waals surface area (Å²) in [5, 5.41) is 8.91. The summed E-state index contributed by atoms with van der Waals surface area (Å²) in [6.07, 6.45) is 7.57. The van der Waals surface area contributed by atoms with E-state index in [1.807, 2.05) is 19.9 Å². The van der Waals surface area contributed by atoms with Crippen LogP contribution < -0.4 is 9.46 Å². The average molecular weight is 374 g/mol. The lowest BCUT2D eigenvalue weighted by atomic mass is 9.85. The van der Waals surface area contributed by atoms with E-state index < -0.39 is 21.3 Å². The molecule has 0 spiro atoms. The SMILES string of the molecule is CC1(C)C=C(C2=CCC(F)(C#N)C=C2)c2ccc(NS(C)(=O)=O)cc2O1. The van der Waals surface area contributed by atoms with Crippen molar-refractivity contribution in [3.8, 4) is 11.8 Å². The normalized spacial score (nSPS) is 23.8. The zero-order chi connectivity index (χ0) is 19.2. The zero-order valence-corrected chi connectivity index (χ0v) is 15.5. The number of anilines is 1. The standard InChI is InChI=1S/C19H19FN2O3S/c1-18(2)11-16(13-6-8-19(20,12-21)9-7-13)15-5-4-14(10-17(15)25-18)22-26(3,23)24/h4-8,10-11,22H,9H2,1-3H3. The van der Waals surface area contributed by atoms with E-state index in [2.05, 4.69) is 4.72 Å². The molecule has 1 atom stereocenters. The van der Waals surface area contributed by atoms with Crippen molar-refractivity contribution in [3.63, 3.8) is 0 Å². The second kappa shape index (κ2) is 5.99. The molecule has 26 heavy (non-hydrogen) atoms. The van der Waals surface area contributed by atoms with E-state index in [1.54, 1.807) is 36.4 Å². The van der Waals surface area contributed by atoms with E-state index in [0.717, 1.165) is 23.0 Å². The molecule has 1 unspecified atom stereocenters. The van der Waals surface area contributed by atoms with Crippen molar-refractivity contribution >= 4 is 21.3 Å². The van der Waals surface area contributed by atoms with Gasteiger partial charge in [0.05, 0.1) is 11.9 Å². The number of sulfonamides is 1. The summed E-state index contributed by atoms with van der Waals surface area (Å²) in [6.45, 7) is 3.77. The molecule has 1 aromatic rings. The largest absolute Gasteiger partial charge is 0.483 e. The number of rotatable bonds is 3. The predicted molar refractivity (Wildman–Crippen MR) is 98.9 cm³/mol. The number of halogens is 1. The molecule has 136 valence electrons. The van der Waals surface area contributed by atoms with Gasteiger partial charge in [0.2, 0.25) is 15.7 Å². The van der Waals surface area contributed by atoms with Gasteiger partial charge in [-0.3, -0.25) is 4.72 Å². The number of ether oxygens (including phenoxy) is 1. The van der Waals surface area contributed by atoms with Crippen LogP contribution in [0.5, 0.6) is 5.75 Å². The smallest absolute Gasteiger partial charge is 0.229 e. The monoisotopic (exact) mass is 374 g/mol. The number of nitriles is 1. The minimum absolute atomic E-state index is 0.0169. The highest BCUT2D eigenvalue weighted by atomic mass is 32.2. The zero-order valence-electron chi connectivity index (χ0n) is 14.7. The van der Waals surface area contributed by atoms with Crippen LogP contribution in [-0.4, -0.2) is 25.9 Å². The Morgan fingerprint density at radius 3 is 2.65 bits per heavy atom. The van der Waals surface area contributed by atoms with Crippen molar-refractivity contribution < 1.29 is 17.5 Å². The summed E-state index contributed by atoms with van der Waals surface area (Å²) >= 11 is 0. The number of nitrogens with zero attached hydrogens (tertiary/aromatic N) is 1. The minimum Gasteiger partial charge on any atom is -0.483 e. The summed E-state index contributed by atoms with van der Waals surface area (Å²) in [5.74, 6) is 0.535. The maximum absolute atomic E-state index is 14.1. The molecule has 1 aliphatic carbocycles. The van der Waals surface area contributed by atoms with Crippen molar-refractivity contribution in [3.05, 3.63) is 53.6 Å². The molecule has 0 fully saturated rings. The molecule has 3 rings (SSSR count). The van der Waals surface area contributed by atoms with Crippen LogP contribution in [0.25, 0.3) is 5.57 Å². The van der Waals surface area contributed by atoms with Gasteiger partial charge in [-0.1, -0.05) is 12.2 Å². The lowest BCUT2D eigenvalue weighted by Gasteiger charge is -2.32. The molecule has 7 heteroatoms. The summed E-state index contributed by atoms with van der Waals surface area (Å²) in [6, 6.07) is 6.71. The van der Waals surface area contributed by atoms with Crippen molar-refractivity contribution in [1.82, 2.24) is 0 Å². The second-order valence-corrected chi connectivity index (χ2v) is 8.77. The quantitative estimate of drug-likeness (QED) is 0.874. The molecular weight excluding hydrogens is 355 g/mol. The number of alkyl halides is 1. The molecule has 2 aliphatic rings. The van der Waals surface area contributed by atoms with Gasteiger partial charge in [0.15, 0.2) is 0 Å². The van der Waals surface area contributed by atoms with Crippen LogP contribution in [0.15, 0.2) is 48.1 Å². The molecule has 0 saturated carbocycles. The summed E-state index contributed by atoms with van der Waals surface area (Å²) in [7, 11) is -3.40. The number of fused-ring (bicyclic) bond motifs is 1. The second-order valence-electron chi connectivity index (χ2n) is 7.02. The first kappa shape index (κ1) is 18.2. The summed E-state index contributed by atoms with van der Waals surface area (Å²) in [5.41, 5.74) is 0.247. The molecule has 0 amide bonds. The fourth-order valence-corrected chi connectivity index (χ4v) is 3.54. The van der Waals surface area contributed by atoms with Gasteiger partial charge in [-0.15, -0.1) is 0 Å². The molecule has 0 bridgehead atoms. The summed E-state index contributed by atoms with van der Waals surface area (Å²) < 4.78 is 45.4. The number of hydrogen-bond donors (Lipinski definition) is 1. The number of nitrogens with one attached hydrogen (secondary N) is 1. The van der Waals surface area contributed by atoms with Gasteiger partial charge in [-0.05, 0) is 49.3 Å². The molecule has 0 saturated heterocycles. The van der Waals surface area contributed by atoms with Crippen LogP contribution in [0.4, 0.5) is 10.1 Å². The van der Waals surface area contributed by atoms with Gasteiger partial charge in [-0.2, -0.15) is 5.26 Å². The molecule has 5 nitrogen and oxygen atoms in total. The highest BCUT2D eigenvalue weighted by molar-refractivity contribution is 7.92. The Balaban J connectivity index is 2.02. The van der Waals surface area contributed by atoms with Crippen LogP contribution in [0.2, 0.25) is 0 Å². The highest BCUT2D eigenvalue weighted by Crippen LogP contribution is 2.42. The third-order valence-electron chi connectivity index (χ3n) is 4.08. The van der Waals surface area contributed by atoms with E-state index in [0.29, 0.717) is 11.4 Å². The molecule has 0 radical (unpaired) electrons. The van der Waals surface area contributed by atoms with Gasteiger partial charge in [-0.25, -0.2) is 12.8 Å². The van der Waals surface area contributed by atoms with Crippen molar-refractivity contribution in [1.29, 1.82) is 5.26 Å². The molecule has 1 heterocycles. The maximum Gasteiger partial charge on any atom is 0.229 e. The van der Waals surface area contributed by atoms with Crippen molar-refractivity contribution in [2.45, 2.75) is 31.5 Å². The number of benzene rings is 1. The van der Waals surface area contributed by atoms with Gasteiger partial charge in [0, 0.05) is 18.1 Å². The topological polar surface area (TPSA) is 79.2 Å². The average Bonchev–Trinajstić information content (AvgIpc) is 2.52. The Morgan fingerprint density at radius 2 is 2.08 bits per heavy atom. The van der Waals surface area contributed by atoms with Gasteiger partial charge < -0.3 is 4.74 Å². The molecule has 0 aromatic heterocycles. The van der Waals surface area contributed by atoms with Gasteiger partial charge in [0.25, 0.3) is 0 Å². The minimum atomic E-state index is -3.40. The maximum atomic E-state index is 14.1. The van der Waals surface area contributed by atoms with Crippen LogP contribution in [-0.2, 0) is 10.0 Å². The first-order chi connectivity index (χ1) is 12.0. The number of hydrogen-bond acceptors (Lipinski definition) is 4. The Morgan fingerprint density at radius 1 is 1.35 bits per heavy atom. The summed E-state index contributed by atoms with van der Waals surface area (Å²) in [4.78, 5) is 0. The van der Waals surface area contributed by atoms with Gasteiger partial charge >= 0.3 is 0 Å². The van der Waals surface area contributed by atoms with Crippen LogP contribution in [0.1, 0.15) is 25.8 Å². The van der Waals surface area contributed by atoms with Crippen LogP contribution in [0.3, 0.4) is 0 Å². The Hall–Kier alpha value is -2.59. The third kappa shape index (κ3) is 3.81. The fourth-order valence-electron chi connectivity index (χ4n) is 2.98. The van der Waals surface area contributed by atoms with E-state index in [-0.39, 0.29) is 6.42 Å². The van der Waals surface area contributed by atoms with Crippen molar-refractivity contribution in [2.24, 2.45) is 0 Å². The van der Waals surface area contributed by atoms with E-state index in [9.17, 15) is 12.8 Å². The van der Waals surface area contributed by atoms with Crippen LogP contribution in [0, 0.1) is 11.3 Å². The van der Waals surface area contributed by atoms with E-state index in [1.165, 1.54) is 6.08 Å². The third-order valence-corrected chi connectivity index (χ3v) is 4.69. The highest BCUT2D eigenvalue weighted by Gasteiger charge is 2.31. The Kier molecular flexibility index (Phi) is 4.20. The Bertz CT molecular complexity index is 1000. The molecule has 1 aliphatic heterocycles. The van der Waals surface area contributed by atoms with Crippen molar-refractivity contribution in [2.75, 3.05) is 11.0 Å². The lowest BCUT2D eigenvalue weighted by Crippen LogP contribution is -2.29. The first-order valence-corrected chi connectivity index (χ1v) is 9.93. The molecule has 1 N–H and O–H groups in total. The Labute approximate surface area is 152 Å². The fraction of sp³-hybridized carbons (Fsp3) is 0.316. The number of allylic oxidation sites excluding steroid dienone is 5. The molecular formula is C19H19FN2O3S. The van der Waals surface area contributed by atoms with Gasteiger partial charge in [0.1, 0.15) is 17.4 Å². The molecule has 1 aromatic carbocycles. The lowest BCUT2D eigenvalue weighted by molar-refractivity contribution is 0.158.